The lowest BCUT2D eigenvalue weighted by atomic mass is 10.1. The van der Waals surface area contributed by atoms with E-state index in [1.807, 2.05) is 0 Å². The van der Waals surface area contributed by atoms with Crippen LogP contribution in [0.4, 0.5) is 4.79 Å². The lowest BCUT2D eigenvalue weighted by Gasteiger charge is -2.16. The second-order valence-electron chi connectivity index (χ2n) is 6.92. The molecule has 0 aromatic heterocycles. The Bertz CT molecular complexity index is 426. The van der Waals surface area contributed by atoms with Gasteiger partial charge in [0.25, 0.3) is 0 Å². The molecule has 27 heavy (non-hydrogen) atoms. The molecule has 0 aliphatic rings. The minimum Gasteiger partial charge on any atom is -0.465 e. The first kappa shape index (κ1) is 25.0. The first-order valence-electron chi connectivity index (χ1n) is 10.3. The minimum atomic E-state index is -1.21. The zero-order valence-corrected chi connectivity index (χ0v) is 16.8. The van der Waals surface area contributed by atoms with Crippen molar-refractivity contribution in [2.24, 2.45) is 16.5 Å². The van der Waals surface area contributed by atoms with Gasteiger partial charge in [-0.05, 0) is 19.3 Å². The summed E-state index contributed by atoms with van der Waals surface area (Å²) in [5.41, 5.74) is 10.5. The summed E-state index contributed by atoms with van der Waals surface area (Å²) in [6.45, 7) is 3.17. The standard InChI is InChI=1S/C19H39N5O3/c1-2-3-4-5-6-7-8-9-10-11-14-22-17(25)16(24-19(26)27)13-12-15-23-18(20)21/h16,24H,2-15H2,1H3,(H,22,25)(H,26,27)(H4,20,21,23)/t16-/m0/s1. The Hall–Kier alpha value is -1.99. The summed E-state index contributed by atoms with van der Waals surface area (Å²) in [7, 11) is 0. The number of carbonyl (C=O) groups is 2. The largest absolute Gasteiger partial charge is 0.465 e. The number of guanidine groups is 1. The maximum atomic E-state index is 12.1. The molecule has 0 aromatic carbocycles. The summed E-state index contributed by atoms with van der Waals surface area (Å²) in [4.78, 5) is 26.8. The number of nitrogens with zero attached hydrogens (tertiary/aromatic N) is 1. The van der Waals surface area contributed by atoms with Crippen molar-refractivity contribution < 1.29 is 14.7 Å². The van der Waals surface area contributed by atoms with E-state index < -0.39 is 12.1 Å². The van der Waals surface area contributed by atoms with Crippen LogP contribution < -0.4 is 22.1 Å². The molecule has 0 unspecified atom stereocenters. The first-order valence-corrected chi connectivity index (χ1v) is 10.3. The Labute approximate surface area is 163 Å². The number of carboxylic acid groups (broad SMARTS) is 1. The molecule has 158 valence electrons. The zero-order chi connectivity index (χ0) is 20.3. The fraction of sp³-hybridized carbons (Fsp3) is 0.842. The van der Waals surface area contributed by atoms with Gasteiger partial charge in [-0.1, -0.05) is 64.7 Å². The maximum absolute atomic E-state index is 12.1. The van der Waals surface area contributed by atoms with Crippen LogP contribution in [-0.2, 0) is 4.79 Å². The van der Waals surface area contributed by atoms with E-state index in [-0.39, 0.29) is 11.9 Å². The average molecular weight is 386 g/mol. The second kappa shape index (κ2) is 17.4. The molecule has 1 atom stereocenters. The van der Waals surface area contributed by atoms with Crippen LogP contribution >= 0.6 is 0 Å². The number of unbranched alkanes of at least 4 members (excludes halogenated alkanes) is 9. The first-order chi connectivity index (χ1) is 13.0. The van der Waals surface area contributed by atoms with Gasteiger partial charge in [-0.15, -0.1) is 0 Å². The van der Waals surface area contributed by atoms with Gasteiger partial charge in [-0.25, -0.2) is 4.79 Å². The predicted molar refractivity (Wildman–Crippen MR) is 110 cm³/mol. The Morgan fingerprint density at radius 2 is 1.48 bits per heavy atom. The molecule has 0 bridgehead atoms. The van der Waals surface area contributed by atoms with Crippen molar-refractivity contribution in [3.8, 4) is 0 Å². The van der Waals surface area contributed by atoms with E-state index in [1.165, 1.54) is 51.4 Å². The molecule has 0 fully saturated rings. The van der Waals surface area contributed by atoms with Gasteiger partial charge in [-0.3, -0.25) is 9.79 Å². The minimum absolute atomic E-state index is 0.0110. The summed E-state index contributed by atoms with van der Waals surface area (Å²) >= 11 is 0. The number of aliphatic imine (C=N–C) groups is 1. The summed E-state index contributed by atoms with van der Waals surface area (Å²) in [6, 6.07) is -0.778. The second-order valence-corrected chi connectivity index (χ2v) is 6.92. The average Bonchev–Trinajstić information content (AvgIpc) is 2.61. The van der Waals surface area contributed by atoms with E-state index in [2.05, 4.69) is 22.5 Å². The van der Waals surface area contributed by atoms with Crippen molar-refractivity contribution in [3.63, 3.8) is 0 Å². The molecule has 0 radical (unpaired) electrons. The van der Waals surface area contributed by atoms with Gasteiger partial charge in [0.15, 0.2) is 5.96 Å². The summed E-state index contributed by atoms with van der Waals surface area (Å²) in [6.07, 6.45) is 12.0. The van der Waals surface area contributed by atoms with Crippen molar-refractivity contribution in [1.82, 2.24) is 10.6 Å². The fourth-order valence-corrected chi connectivity index (χ4v) is 2.87. The lowest BCUT2D eigenvalue weighted by molar-refractivity contribution is -0.123. The molecule has 8 heteroatoms. The van der Waals surface area contributed by atoms with E-state index in [0.717, 1.165) is 12.8 Å². The molecular formula is C19H39N5O3. The molecule has 8 nitrogen and oxygen atoms in total. The van der Waals surface area contributed by atoms with Crippen molar-refractivity contribution in [2.75, 3.05) is 13.1 Å². The molecule has 7 N–H and O–H groups in total. The Morgan fingerprint density at radius 3 is 2.00 bits per heavy atom. The number of carbonyl (C=O) groups excluding carboxylic acids is 1. The Balaban J connectivity index is 3.80. The number of amides is 2. The zero-order valence-electron chi connectivity index (χ0n) is 16.8. The van der Waals surface area contributed by atoms with Crippen molar-refractivity contribution in [2.45, 2.75) is 90.0 Å². The molecule has 0 saturated heterocycles. The number of hydrogen-bond donors (Lipinski definition) is 5. The third-order valence-corrected chi connectivity index (χ3v) is 4.39. The third-order valence-electron chi connectivity index (χ3n) is 4.39. The smallest absolute Gasteiger partial charge is 0.405 e. The van der Waals surface area contributed by atoms with Crippen LogP contribution in [-0.4, -0.2) is 42.2 Å². The lowest BCUT2D eigenvalue weighted by Crippen LogP contribution is -2.46. The van der Waals surface area contributed by atoms with Gasteiger partial charge in [0, 0.05) is 13.1 Å². The number of rotatable bonds is 17. The molecule has 0 heterocycles. The SMILES string of the molecule is CCCCCCCCCCCCNC(=O)[C@H](CCCN=C(N)N)NC(=O)O. The topological polar surface area (TPSA) is 143 Å². The monoisotopic (exact) mass is 385 g/mol. The Kier molecular flexibility index (Phi) is 16.1. The highest BCUT2D eigenvalue weighted by atomic mass is 16.4. The molecule has 0 spiro atoms. The predicted octanol–water partition coefficient (Wildman–Crippen LogP) is 2.71. The van der Waals surface area contributed by atoms with Crippen LogP contribution in [0.3, 0.4) is 0 Å². The summed E-state index contributed by atoms with van der Waals surface area (Å²) in [5, 5.41) is 13.9. The normalized spacial score (nSPS) is 11.6. The molecule has 0 aliphatic carbocycles. The summed E-state index contributed by atoms with van der Waals surface area (Å²) < 4.78 is 0. The van der Waals surface area contributed by atoms with Gasteiger partial charge in [0.05, 0.1) is 0 Å². The number of hydrogen-bond acceptors (Lipinski definition) is 3. The molecule has 0 aromatic rings. The van der Waals surface area contributed by atoms with Crippen molar-refractivity contribution in [1.29, 1.82) is 0 Å². The van der Waals surface area contributed by atoms with Gasteiger partial charge in [-0.2, -0.15) is 0 Å². The molecular weight excluding hydrogens is 346 g/mol. The van der Waals surface area contributed by atoms with Gasteiger partial charge < -0.3 is 27.2 Å². The van der Waals surface area contributed by atoms with Crippen molar-refractivity contribution >= 4 is 18.0 Å². The van der Waals surface area contributed by atoms with Gasteiger partial charge >= 0.3 is 6.09 Å². The fourth-order valence-electron chi connectivity index (χ4n) is 2.87. The number of nitrogens with two attached hydrogens (primary N) is 2. The van der Waals surface area contributed by atoms with E-state index in [0.29, 0.717) is 25.9 Å². The van der Waals surface area contributed by atoms with Crippen LogP contribution in [0.5, 0.6) is 0 Å². The Morgan fingerprint density at radius 1 is 0.926 bits per heavy atom. The highest BCUT2D eigenvalue weighted by molar-refractivity contribution is 5.85. The van der Waals surface area contributed by atoms with Crippen LogP contribution in [0.15, 0.2) is 4.99 Å². The van der Waals surface area contributed by atoms with E-state index in [1.54, 1.807) is 0 Å². The van der Waals surface area contributed by atoms with E-state index >= 15 is 0 Å². The highest BCUT2D eigenvalue weighted by Crippen LogP contribution is 2.10. The quantitative estimate of drug-likeness (QED) is 0.149. The van der Waals surface area contributed by atoms with Gasteiger partial charge in [0.1, 0.15) is 6.04 Å². The van der Waals surface area contributed by atoms with Crippen LogP contribution in [0.2, 0.25) is 0 Å². The van der Waals surface area contributed by atoms with Gasteiger partial charge in [0.2, 0.25) is 5.91 Å². The molecule has 0 rings (SSSR count). The van der Waals surface area contributed by atoms with E-state index in [9.17, 15) is 9.59 Å². The molecule has 0 aliphatic heterocycles. The molecule has 0 saturated carbocycles. The summed E-state index contributed by atoms with van der Waals surface area (Å²) in [5.74, 6) is -0.304. The maximum Gasteiger partial charge on any atom is 0.405 e. The van der Waals surface area contributed by atoms with Crippen LogP contribution in [0, 0.1) is 0 Å². The van der Waals surface area contributed by atoms with Crippen LogP contribution in [0.1, 0.15) is 84.0 Å². The number of nitrogens with one attached hydrogen (secondary N) is 2. The van der Waals surface area contributed by atoms with E-state index in [4.69, 9.17) is 16.6 Å². The highest BCUT2D eigenvalue weighted by Gasteiger charge is 2.19. The molecule has 2 amide bonds. The van der Waals surface area contributed by atoms with Crippen molar-refractivity contribution in [3.05, 3.63) is 0 Å². The van der Waals surface area contributed by atoms with Crippen LogP contribution in [0.25, 0.3) is 0 Å². The third kappa shape index (κ3) is 17.2.